The van der Waals surface area contributed by atoms with E-state index in [0.29, 0.717) is 34.9 Å². The fraction of sp³-hybridized carbons (Fsp3) is 0.227. The van der Waals surface area contributed by atoms with Crippen molar-refractivity contribution in [3.05, 3.63) is 70.3 Å². The number of oxime groups is 1. The molecule has 2 aromatic carbocycles. The summed E-state index contributed by atoms with van der Waals surface area (Å²) < 4.78 is 3.41. The summed E-state index contributed by atoms with van der Waals surface area (Å²) in [6, 6.07) is 14.7. The van der Waals surface area contributed by atoms with Crippen LogP contribution in [0.3, 0.4) is 0 Å². The van der Waals surface area contributed by atoms with Crippen LogP contribution in [0.2, 0.25) is 0 Å². The second-order valence-corrected chi connectivity index (χ2v) is 7.03. The van der Waals surface area contributed by atoms with E-state index in [0.717, 1.165) is 11.1 Å². The van der Waals surface area contributed by atoms with Crippen LogP contribution in [-0.2, 0) is 22.8 Å². The zero-order chi connectivity index (χ0) is 22.0. The van der Waals surface area contributed by atoms with Crippen LogP contribution in [0.5, 0.6) is 0 Å². The first-order chi connectivity index (χ1) is 15.0. The van der Waals surface area contributed by atoms with E-state index in [-0.39, 0.29) is 18.1 Å². The van der Waals surface area contributed by atoms with Crippen molar-refractivity contribution in [1.29, 1.82) is 0 Å². The molecule has 31 heavy (non-hydrogen) atoms. The molecule has 0 aliphatic carbocycles. The minimum atomic E-state index is -0.122. The molecule has 0 aliphatic rings. The predicted octanol–water partition coefficient (Wildman–Crippen LogP) is 2.96. The molecule has 0 saturated heterocycles. The Kier molecular flexibility index (Phi) is 5.48. The Morgan fingerprint density at radius 3 is 2.55 bits per heavy atom. The van der Waals surface area contributed by atoms with E-state index >= 15 is 0 Å². The number of aromatic nitrogens is 4. The lowest BCUT2D eigenvalue weighted by Crippen LogP contribution is -2.22. The Morgan fingerprint density at radius 1 is 1.10 bits per heavy atom. The van der Waals surface area contributed by atoms with Crippen molar-refractivity contribution in [2.75, 3.05) is 5.32 Å². The van der Waals surface area contributed by atoms with E-state index in [1.807, 2.05) is 48.6 Å². The third-order valence-corrected chi connectivity index (χ3v) is 4.91. The molecular formula is C22H22N6O3. The molecule has 9 nitrogen and oxygen atoms in total. The van der Waals surface area contributed by atoms with E-state index in [4.69, 9.17) is 4.84 Å². The van der Waals surface area contributed by atoms with E-state index < -0.39 is 0 Å². The number of aryl methyl sites for hydroxylation is 1. The van der Waals surface area contributed by atoms with Gasteiger partial charge in [-0.15, -0.1) is 10.2 Å². The summed E-state index contributed by atoms with van der Waals surface area (Å²) in [5.41, 5.74) is 2.89. The number of para-hydroxylation sites is 1. The van der Waals surface area contributed by atoms with Gasteiger partial charge in [0.15, 0.2) is 12.4 Å². The third-order valence-electron chi connectivity index (χ3n) is 4.91. The second kappa shape index (κ2) is 8.39. The molecule has 0 fully saturated rings. The topological polar surface area (TPSA) is 103 Å². The van der Waals surface area contributed by atoms with E-state index in [2.05, 4.69) is 20.7 Å². The normalized spacial score (nSPS) is 11.8. The van der Waals surface area contributed by atoms with Gasteiger partial charge in [-0.25, -0.2) is 0 Å². The summed E-state index contributed by atoms with van der Waals surface area (Å²) in [6.07, 6.45) is 0. The maximum absolute atomic E-state index is 12.7. The maximum atomic E-state index is 12.7. The van der Waals surface area contributed by atoms with Gasteiger partial charge >= 0.3 is 0 Å². The number of nitrogens with zero attached hydrogens (tertiary/aromatic N) is 5. The van der Waals surface area contributed by atoms with Gasteiger partial charge < -0.3 is 10.2 Å². The number of anilines is 1. The zero-order valence-electron chi connectivity index (χ0n) is 17.5. The molecule has 1 N–H and O–H groups in total. The molecule has 9 heteroatoms. The van der Waals surface area contributed by atoms with Crippen molar-refractivity contribution in [2.24, 2.45) is 5.16 Å². The van der Waals surface area contributed by atoms with E-state index in [1.54, 1.807) is 22.8 Å². The maximum Gasteiger partial charge on any atom is 0.262 e. The molecule has 0 saturated carbocycles. The Bertz CT molecular complexity index is 1350. The summed E-state index contributed by atoms with van der Waals surface area (Å²) in [7, 11) is 0. The number of hydrogen-bond acceptors (Lipinski definition) is 6. The fourth-order valence-corrected chi connectivity index (χ4v) is 3.43. The van der Waals surface area contributed by atoms with Crippen molar-refractivity contribution < 1.29 is 9.63 Å². The summed E-state index contributed by atoms with van der Waals surface area (Å²) >= 11 is 0. The molecule has 4 aromatic rings. The van der Waals surface area contributed by atoms with Crippen LogP contribution in [0.15, 0.2) is 58.5 Å². The van der Waals surface area contributed by atoms with E-state index in [1.165, 1.54) is 6.92 Å². The average molecular weight is 418 g/mol. The van der Waals surface area contributed by atoms with Gasteiger partial charge in [0.25, 0.3) is 5.56 Å². The molecule has 2 heterocycles. The highest BCUT2D eigenvalue weighted by Crippen LogP contribution is 2.15. The molecule has 2 aromatic heterocycles. The highest BCUT2D eigenvalue weighted by molar-refractivity contribution is 5.99. The van der Waals surface area contributed by atoms with Crippen LogP contribution in [-0.4, -0.2) is 30.8 Å². The van der Waals surface area contributed by atoms with Crippen molar-refractivity contribution in [2.45, 2.75) is 33.9 Å². The Morgan fingerprint density at radius 2 is 1.84 bits per heavy atom. The van der Waals surface area contributed by atoms with E-state index in [9.17, 15) is 9.59 Å². The largest absolute Gasteiger partial charge is 0.387 e. The lowest BCUT2D eigenvalue weighted by atomic mass is 10.1. The predicted molar refractivity (Wildman–Crippen MR) is 118 cm³/mol. The third kappa shape index (κ3) is 3.89. The smallest absolute Gasteiger partial charge is 0.262 e. The molecule has 158 valence electrons. The number of rotatable bonds is 6. The zero-order valence-corrected chi connectivity index (χ0v) is 17.5. The van der Waals surface area contributed by atoms with Gasteiger partial charge in [-0.2, -0.15) is 0 Å². The minimum Gasteiger partial charge on any atom is -0.387 e. The first-order valence-electron chi connectivity index (χ1n) is 9.89. The first-order valence-corrected chi connectivity index (χ1v) is 9.89. The molecule has 0 radical (unpaired) electrons. The molecule has 0 bridgehead atoms. The summed E-state index contributed by atoms with van der Waals surface area (Å²) in [5, 5.41) is 15.9. The fourth-order valence-electron chi connectivity index (χ4n) is 3.43. The van der Waals surface area contributed by atoms with Gasteiger partial charge in [-0.1, -0.05) is 29.4 Å². The van der Waals surface area contributed by atoms with Crippen molar-refractivity contribution in [1.82, 2.24) is 19.2 Å². The number of carbonyl (C=O) groups excluding carboxylic acids is 1. The molecular weight excluding hydrogens is 396 g/mol. The molecule has 0 atom stereocenters. The van der Waals surface area contributed by atoms with Crippen LogP contribution in [0.25, 0.3) is 16.7 Å². The van der Waals surface area contributed by atoms with Gasteiger partial charge in [-0.3, -0.25) is 18.6 Å². The van der Waals surface area contributed by atoms with Crippen LogP contribution in [0.4, 0.5) is 5.69 Å². The highest BCUT2D eigenvalue weighted by Gasteiger charge is 2.15. The van der Waals surface area contributed by atoms with Gasteiger partial charge in [-0.05, 0) is 43.7 Å². The first kappa shape index (κ1) is 20.3. The number of amides is 1. The monoisotopic (exact) mass is 418 g/mol. The van der Waals surface area contributed by atoms with Gasteiger partial charge in [0.1, 0.15) is 0 Å². The van der Waals surface area contributed by atoms with Crippen molar-refractivity contribution in [3.63, 3.8) is 0 Å². The van der Waals surface area contributed by atoms with Gasteiger partial charge in [0.05, 0.1) is 16.6 Å². The summed E-state index contributed by atoms with van der Waals surface area (Å²) in [6.45, 7) is 5.77. The summed E-state index contributed by atoms with van der Waals surface area (Å²) in [4.78, 5) is 29.4. The van der Waals surface area contributed by atoms with Gasteiger partial charge in [0.2, 0.25) is 11.7 Å². The lowest BCUT2D eigenvalue weighted by Gasteiger charge is -2.09. The molecule has 1 amide bonds. The number of fused-ring (bicyclic) bond motifs is 3. The number of carbonyl (C=O) groups is 1. The van der Waals surface area contributed by atoms with Crippen molar-refractivity contribution in [3.8, 4) is 0 Å². The Hall–Kier alpha value is -4.01. The van der Waals surface area contributed by atoms with Crippen LogP contribution >= 0.6 is 0 Å². The number of nitrogens with one attached hydrogen (secondary N) is 1. The molecule has 0 spiro atoms. The molecule has 0 unspecified atom stereocenters. The number of hydrogen-bond donors (Lipinski definition) is 1. The van der Waals surface area contributed by atoms with Crippen LogP contribution < -0.4 is 10.9 Å². The SMILES string of the molecule is CCn1c(=O)c2ccccc2n2c(CO/N=C(\C)c3ccc(NC(C)=O)cc3)nnc12. The quantitative estimate of drug-likeness (QED) is 0.383. The average Bonchev–Trinajstić information content (AvgIpc) is 3.18. The highest BCUT2D eigenvalue weighted by atomic mass is 16.6. The Labute approximate surface area is 178 Å². The lowest BCUT2D eigenvalue weighted by molar-refractivity contribution is -0.114. The standard InChI is InChI=1S/C22H22N6O3/c1-4-27-21(30)18-7-5-6-8-19(18)28-20(24-25-22(27)28)13-31-26-14(2)16-9-11-17(12-10-16)23-15(3)29/h5-12H,4,13H2,1-3H3,(H,23,29)/b26-14+. The van der Waals surface area contributed by atoms with Crippen LogP contribution in [0, 0.1) is 0 Å². The second-order valence-electron chi connectivity index (χ2n) is 7.03. The molecule has 0 aliphatic heterocycles. The van der Waals surface area contributed by atoms with Gasteiger partial charge in [0, 0.05) is 19.2 Å². The number of benzene rings is 2. The summed E-state index contributed by atoms with van der Waals surface area (Å²) in [5.74, 6) is 0.896. The van der Waals surface area contributed by atoms with Crippen LogP contribution in [0.1, 0.15) is 32.2 Å². The minimum absolute atomic E-state index is 0.0917. The Balaban J connectivity index is 1.60. The van der Waals surface area contributed by atoms with Crippen molar-refractivity contribution >= 4 is 34.0 Å². The molecule has 4 rings (SSSR count).